The Kier molecular flexibility index (Phi) is 4.76. The fourth-order valence-corrected chi connectivity index (χ4v) is 2.79. The van der Waals surface area contributed by atoms with Gasteiger partial charge in [0, 0.05) is 17.6 Å². The van der Waals surface area contributed by atoms with Crippen molar-refractivity contribution in [2.75, 3.05) is 0 Å². The lowest BCUT2D eigenvalue weighted by atomic mass is 9.90. The van der Waals surface area contributed by atoms with Gasteiger partial charge in [-0.25, -0.2) is 4.98 Å². The standard InChI is InChI=1S/C15H16F3N3OS/c1-9-8-23-12(21-9)7-20-14(2,13(19)22)10-4-3-5-11(6-10)15(16,17)18/h3-6,8,20H,7H2,1-2H3,(H2,19,22)/t14-/m1/s1. The molecular formula is C15H16F3N3OS. The number of halogens is 3. The van der Waals surface area contributed by atoms with Gasteiger partial charge >= 0.3 is 6.18 Å². The highest BCUT2D eigenvalue weighted by Crippen LogP contribution is 2.32. The van der Waals surface area contributed by atoms with Crippen LogP contribution >= 0.6 is 11.3 Å². The van der Waals surface area contributed by atoms with Crippen molar-refractivity contribution in [1.82, 2.24) is 10.3 Å². The fourth-order valence-electron chi connectivity index (χ4n) is 2.07. The summed E-state index contributed by atoms with van der Waals surface area (Å²) < 4.78 is 38.6. The largest absolute Gasteiger partial charge is 0.416 e. The maximum Gasteiger partial charge on any atom is 0.416 e. The third kappa shape index (κ3) is 3.89. The predicted octanol–water partition coefficient (Wildman–Crippen LogP) is 2.96. The molecule has 0 bridgehead atoms. The molecule has 0 aliphatic carbocycles. The van der Waals surface area contributed by atoms with Gasteiger partial charge in [-0.3, -0.25) is 10.1 Å². The van der Waals surface area contributed by atoms with Gasteiger partial charge in [0.1, 0.15) is 10.5 Å². The number of aromatic nitrogens is 1. The molecule has 0 fully saturated rings. The molecule has 0 unspecified atom stereocenters. The van der Waals surface area contributed by atoms with Crippen LogP contribution < -0.4 is 11.1 Å². The van der Waals surface area contributed by atoms with Crippen LogP contribution in [0.4, 0.5) is 13.2 Å². The van der Waals surface area contributed by atoms with E-state index in [-0.39, 0.29) is 12.1 Å². The number of carbonyl (C=O) groups excluding carboxylic acids is 1. The van der Waals surface area contributed by atoms with E-state index >= 15 is 0 Å². The molecule has 1 amide bonds. The van der Waals surface area contributed by atoms with Crippen LogP contribution in [0.5, 0.6) is 0 Å². The number of thiazole rings is 1. The van der Waals surface area contributed by atoms with Crippen LogP contribution in [0.25, 0.3) is 0 Å². The van der Waals surface area contributed by atoms with Gasteiger partial charge < -0.3 is 5.73 Å². The minimum atomic E-state index is -4.49. The average Bonchev–Trinajstić information content (AvgIpc) is 2.89. The number of benzene rings is 1. The van der Waals surface area contributed by atoms with E-state index in [2.05, 4.69) is 10.3 Å². The second-order valence-corrected chi connectivity index (χ2v) is 6.25. The Labute approximate surface area is 135 Å². The van der Waals surface area contributed by atoms with Crippen molar-refractivity contribution in [1.29, 1.82) is 0 Å². The third-order valence-electron chi connectivity index (χ3n) is 3.52. The number of aryl methyl sites for hydroxylation is 1. The molecule has 2 aromatic rings. The van der Waals surface area contributed by atoms with Gasteiger partial charge in [0.15, 0.2) is 0 Å². The summed E-state index contributed by atoms with van der Waals surface area (Å²) in [6.07, 6.45) is -4.49. The number of carbonyl (C=O) groups is 1. The molecule has 1 aromatic carbocycles. The van der Waals surface area contributed by atoms with Crippen molar-refractivity contribution in [3.05, 3.63) is 51.5 Å². The van der Waals surface area contributed by atoms with E-state index in [4.69, 9.17) is 5.73 Å². The summed E-state index contributed by atoms with van der Waals surface area (Å²) in [5, 5.41) is 5.50. The molecule has 3 N–H and O–H groups in total. The number of hydrogen-bond acceptors (Lipinski definition) is 4. The van der Waals surface area contributed by atoms with Crippen molar-refractivity contribution in [3.8, 4) is 0 Å². The topological polar surface area (TPSA) is 68.0 Å². The van der Waals surface area contributed by atoms with Crippen LogP contribution in [0, 0.1) is 6.92 Å². The van der Waals surface area contributed by atoms with Crippen LogP contribution in [0.1, 0.15) is 28.8 Å². The molecule has 0 spiro atoms. The van der Waals surface area contributed by atoms with E-state index in [1.165, 1.54) is 30.4 Å². The molecule has 0 saturated carbocycles. The number of nitrogens with two attached hydrogens (primary N) is 1. The zero-order valence-corrected chi connectivity index (χ0v) is 13.4. The predicted molar refractivity (Wildman–Crippen MR) is 81.7 cm³/mol. The lowest BCUT2D eigenvalue weighted by Gasteiger charge is -2.28. The molecule has 2 rings (SSSR count). The van der Waals surface area contributed by atoms with E-state index < -0.39 is 23.2 Å². The lowest BCUT2D eigenvalue weighted by Crippen LogP contribution is -2.50. The van der Waals surface area contributed by atoms with E-state index in [1.807, 2.05) is 12.3 Å². The van der Waals surface area contributed by atoms with Gasteiger partial charge in [-0.2, -0.15) is 13.2 Å². The van der Waals surface area contributed by atoms with Crippen LogP contribution in [0.15, 0.2) is 29.6 Å². The smallest absolute Gasteiger partial charge is 0.368 e. The van der Waals surface area contributed by atoms with E-state index in [0.29, 0.717) is 0 Å². The molecule has 0 saturated heterocycles. The highest BCUT2D eigenvalue weighted by atomic mass is 32.1. The molecule has 1 heterocycles. The molecular weight excluding hydrogens is 327 g/mol. The normalized spacial score (nSPS) is 14.5. The number of nitrogens with zero attached hydrogens (tertiary/aromatic N) is 1. The van der Waals surface area contributed by atoms with Gasteiger partial charge in [-0.05, 0) is 31.5 Å². The first-order valence-corrected chi connectivity index (χ1v) is 7.64. The number of amides is 1. The highest BCUT2D eigenvalue weighted by Gasteiger charge is 2.36. The van der Waals surface area contributed by atoms with Gasteiger partial charge in [-0.1, -0.05) is 12.1 Å². The molecule has 0 aliphatic rings. The Morgan fingerprint density at radius 3 is 2.52 bits per heavy atom. The zero-order valence-electron chi connectivity index (χ0n) is 12.6. The minimum absolute atomic E-state index is 0.160. The number of nitrogens with one attached hydrogen (secondary N) is 1. The quantitative estimate of drug-likeness (QED) is 0.877. The Bertz CT molecular complexity index is 714. The van der Waals surface area contributed by atoms with Gasteiger partial charge in [-0.15, -0.1) is 11.3 Å². The van der Waals surface area contributed by atoms with Crippen molar-refractivity contribution in [2.24, 2.45) is 5.73 Å². The first-order chi connectivity index (χ1) is 10.6. The Morgan fingerprint density at radius 2 is 2.00 bits per heavy atom. The summed E-state index contributed by atoms with van der Waals surface area (Å²) >= 11 is 1.40. The Morgan fingerprint density at radius 1 is 1.35 bits per heavy atom. The second kappa shape index (κ2) is 6.29. The van der Waals surface area contributed by atoms with Gasteiger partial charge in [0.25, 0.3) is 0 Å². The first kappa shape index (κ1) is 17.4. The van der Waals surface area contributed by atoms with Crippen molar-refractivity contribution in [3.63, 3.8) is 0 Å². The maximum atomic E-state index is 12.9. The SMILES string of the molecule is Cc1csc(CN[C@@](C)(C(N)=O)c2cccc(C(F)(F)F)c2)n1. The van der Waals surface area contributed by atoms with Crippen molar-refractivity contribution < 1.29 is 18.0 Å². The highest BCUT2D eigenvalue weighted by molar-refractivity contribution is 7.09. The maximum absolute atomic E-state index is 12.9. The van der Waals surface area contributed by atoms with Crippen LogP contribution in [-0.2, 0) is 23.1 Å². The Balaban J connectivity index is 2.31. The summed E-state index contributed by atoms with van der Waals surface area (Å²) in [5.74, 6) is -0.759. The van der Waals surface area contributed by atoms with Crippen LogP contribution in [0.3, 0.4) is 0 Å². The number of rotatable bonds is 5. The van der Waals surface area contributed by atoms with Gasteiger partial charge in [0.2, 0.25) is 5.91 Å². The average molecular weight is 343 g/mol. The zero-order chi connectivity index (χ0) is 17.3. The van der Waals surface area contributed by atoms with Crippen LogP contribution in [-0.4, -0.2) is 10.9 Å². The lowest BCUT2D eigenvalue weighted by molar-refractivity contribution is -0.138. The molecule has 1 atom stereocenters. The number of alkyl halides is 3. The second-order valence-electron chi connectivity index (χ2n) is 5.30. The summed E-state index contributed by atoms with van der Waals surface area (Å²) in [6.45, 7) is 3.53. The molecule has 23 heavy (non-hydrogen) atoms. The minimum Gasteiger partial charge on any atom is -0.368 e. The van der Waals surface area contributed by atoms with E-state index in [1.54, 1.807) is 0 Å². The first-order valence-electron chi connectivity index (χ1n) is 6.76. The Hall–Kier alpha value is -1.93. The van der Waals surface area contributed by atoms with Crippen molar-refractivity contribution >= 4 is 17.2 Å². The molecule has 0 radical (unpaired) electrons. The molecule has 124 valence electrons. The monoisotopic (exact) mass is 343 g/mol. The van der Waals surface area contributed by atoms with Crippen molar-refractivity contribution in [2.45, 2.75) is 32.1 Å². The summed E-state index contributed by atoms with van der Waals surface area (Å²) in [7, 11) is 0. The summed E-state index contributed by atoms with van der Waals surface area (Å²) in [6, 6.07) is 4.59. The third-order valence-corrected chi connectivity index (χ3v) is 4.49. The summed E-state index contributed by atoms with van der Waals surface area (Å²) in [5.41, 5.74) is 4.18. The summed E-state index contributed by atoms with van der Waals surface area (Å²) in [4.78, 5) is 16.1. The van der Waals surface area contributed by atoms with E-state index in [0.717, 1.165) is 22.8 Å². The molecule has 0 aliphatic heterocycles. The van der Waals surface area contributed by atoms with Crippen LogP contribution in [0.2, 0.25) is 0 Å². The fraction of sp³-hybridized carbons (Fsp3) is 0.333. The molecule has 1 aromatic heterocycles. The van der Waals surface area contributed by atoms with Gasteiger partial charge in [0.05, 0.1) is 5.56 Å². The number of primary amides is 1. The number of hydrogen-bond donors (Lipinski definition) is 2. The molecule has 8 heteroatoms. The molecule has 4 nitrogen and oxygen atoms in total. The van der Waals surface area contributed by atoms with E-state index in [9.17, 15) is 18.0 Å².